The van der Waals surface area contributed by atoms with Crippen molar-refractivity contribution < 1.29 is 24.5 Å². The fraction of sp³-hybridized carbons (Fsp3) is 0.259. The van der Waals surface area contributed by atoms with Gasteiger partial charge in [-0.3, -0.25) is 4.79 Å². The third-order valence-electron chi connectivity index (χ3n) is 6.34. The summed E-state index contributed by atoms with van der Waals surface area (Å²) >= 11 is 7.34. The zero-order chi connectivity index (χ0) is 24.2. The molecule has 0 amide bonds. The lowest BCUT2D eigenvalue weighted by Gasteiger charge is -2.25. The molecule has 0 heterocycles. The first-order valence-corrected chi connectivity index (χ1v) is 12.3. The van der Waals surface area contributed by atoms with Crippen molar-refractivity contribution in [2.45, 2.75) is 29.1 Å². The maximum atomic E-state index is 12.3. The van der Waals surface area contributed by atoms with Crippen molar-refractivity contribution in [3.63, 3.8) is 0 Å². The van der Waals surface area contributed by atoms with E-state index in [9.17, 15) is 19.8 Å². The predicted octanol–water partition coefficient (Wildman–Crippen LogP) is 6.10. The fourth-order valence-electron chi connectivity index (χ4n) is 4.59. The van der Waals surface area contributed by atoms with Crippen LogP contribution in [0.2, 0.25) is 5.02 Å². The van der Waals surface area contributed by atoms with Crippen molar-refractivity contribution in [1.82, 2.24) is 0 Å². The van der Waals surface area contributed by atoms with Crippen LogP contribution in [-0.4, -0.2) is 34.5 Å². The molecule has 3 aromatic rings. The number of esters is 1. The van der Waals surface area contributed by atoms with Crippen LogP contribution in [0, 0.1) is 11.8 Å². The molecular formula is C27H25ClO5S. The lowest BCUT2D eigenvalue weighted by Crippen LogP contribution is -2.29. The first-order chi connectivity index (χ1) is 16.4. The Morgan fingerprint density at radius 1 is 0.971 bits per heavy atom. The largest absolute Gasteiger partial charge is 0.481 e. The van der Waals surface area contributed by atoms with Gasteiger partial charge in [0.05, 0.1) is 24.7 Å². The Balaban J connectivity index is 1.53. The highest BCUT2D eigenvalue weighted by atomic mass is 35.5. The van der Waals surface area contributed by atoms with Crippen molar-refractivity contribution in [2.75, 3.05) is 7.11 Å². The minimum Gasteiger partial charge on any atom is -0.481 e. The molecule has 5 nitrogen and oxygen atoms in total. The number of aliphatic hydroxyl groups excluding tert-OH is 1. The second kappa shape index (κ2) is 10.6. The van der Waals surface area contributed by atoms with Crippen LogP contribution in [0.25, 0.3) is 11.1 Å². The molecule has 0 aliphatic heterocycles. The van der Waals surface area contributed by atoms with Gasteiger partial charge >= 0.3 is 11.9 Å². The van der Waals surface area contributed by atoms with Crippen LogP contribution in [0.1, 0.15) is 34.9 Å². The Morgan fingerprint density at radius 3 is 2.21 bits per heavy atom. The zero-order valence-corrected chi connectivity index (χ0v) is 20.1. The van der Waals surface area contributed by atoms with Crippen LogP contribution in [0.15, 0.2) is 77.7 Å². The molecule has 0 bridgehead atoms. The highest BCUT2D eigenvalue weighted by Gasteiger charge is 2.45. The monoisotopic (exact) mass is 496 g/mol. The van der Waals surface area contributed by atoms with E-state index in [1.54, 1.807) is 18.2 Å². The van der Waals surface area contributed by atoms with Crippen molar-refractivity contribution in [3.8, 4) is 11.1 Å². The molecule has 4 rings (SSSR count). The lowest BCUT2D eigenvalue weighted by molar-refractivity contribution is -0.144. The number of carbonyl (C=O) groups excluding carboxylic acids is 1. The van der Waals surface area contributed by atoms with Crippen molar-refractivity contribution in [1.29, 1.82) is 0 Å². The number of carbonyl (C=O) groups is 2. The van der Waals surface area contributed by atoms with Gasteiger partial charge < -0.3 is 14.9 Å². The summed E-state index contributed by atoms with van der Waals surface area (Å²) in [7, 11) is 1.32. The summed E-state index contributed by atoms with van der Waals surface area (Å²) in [5.74, 6) is -2.57. The van der Waals surface area contributed by atoms with Crippen molar-refractivity contribution in [2.24, 2.45) is 11.8 Å². The molecule has 3 aromatic carbocycles. The highest BCUT2D eigenvalue weighted by molar-refractivity contribution is 8.00. The molecule has 4 atom stereocenters. The van der Waals surface area contributed by atoms with E-state index in [1.165, 1.54) is 18.9 Å². The summed E-state index contributed by atoms with van der Waals surface area (Å²) in [6.45, 7) is 0. The van der Waals surface area contributed by atoms with E-state index in [4.69, 9.17) is 16.3 Å². The number of hydrogen-bond donors (Lipinski definition) is 2. The number of hydrogen-bond acceptors (Lipinski definition) is 5. The number of carboxylic acid groups (broad SMARTS) is 1. The molecule has 7 heteroatoms. The van der Waals surface area contributed by atoms with Crippen LogP contribution in [0.5, 0.6) is 0 Å². The summed E-state index contributed by atoms with van der Waals surface area (Å²) in [6, 6.07) is 22.1. The molecular weight excluding hydrogens is 472 g/mol. The standard InChI is InChI=1S/C27H25ClO5S/c1-33-27(32)20-4-2-3-5-22(20)34-23-15-14-21(24(23)26(30)31)25(29)18-8-6-16(7-9-18)17-10-12-19(28)13-11-17/h2-13,21,23-25,29H,14-15H2,1H3,(H,30,31). The zero-order valence-electron chi connectivity index (χ0n) is 18.6. The molecule has 1 aliphatic carbocycles. The third kappa shape index (κ3) is 5.14. The van der Waals surface area contributed by atoms with Crippen LogP contribution in [0.4, 0.5) is 0 Å². The number of thioether (sulfide) groups is 1. The highest BCUT2D eigenvalue weighted by Crippen LogP contribution is 2.48. The quantitative estimate of drug-likeness (QED) is 0.384. The SMILES string of the molecule is COC(=O)c1ccccc1SC1CCC(C(O)c2ccc(-c3ccc(Cl)cc3)cc2)C1C(=O)O. The fourth-order valence-corrected chi connectivity index (χ4v) is 6.20. The Kier molecular flexibility index (Phi) is 7.61. The maximum absolute atomic E-state index is 12.3. The molecule has 176 valence electrons. The van der Waals surface area contributed by atoms with Gasteiger partial charge in [0, 0.05) is 21.1 Å². The van der Waals surface area contributed by atoms with E-state index in [-0.39, 0.29) is 5.25 Å². The number of aliphatic hydroxyl groups is 1. The Hall–Kier alpha value is -2.80. The molecule has 1 aliphatic rings. The minimum atomic E-state index is -0.938. The summed E-state index contributed by atoms with van der Waals surface area (Å²) in [6.07, 6.45) is 0.304. The van der Waals surface area contributed by atoms with E-state index >= 15 is 0 Å². The van der Waals surface area contributed by atoms with Gasteiger partial charge in [0.25, 0.3) is 0 Å². The Bertz CT molecular complexity index is 1160. The van der Waals surface area contributed by atoms with Gasteiger partial charge in [0.15, 0.2) is 0 Å². The minimum absolute atomic E-state index is 0.267. The number of aliphatic carboxylic acids is 1. The predicted molar refractivity (Wildman–Crippen MR) is 133 cm³/mol. The molecule has 0 aromatic heterocycles. The number of rotatable bonds is 7. The van der Waals surface area contributed by atoms with Gasteiger partial charge in [-0.05, 0) is 53.8 Å². The topological polar surface area (TPSA) is 83.8 Å². The summed E-state index contributed by atoms with van der Waals surface area (Å²) < 4.78 is 4.87. The summed E-state index contributed by atoms with van der Waals surface area (Å²) in [5, 5.41) is 21.6. The first-order valence-electron chi connectivity index (χ1n) is 11.0. The molecule has 34 heavy (non-hydrogen) atoms. The van der Waals surface area contributed by atoms with Crippen LogP contribution in [0.3, 0.4) is 0 Å². The number of benzene rings is 3. The van der Waals surface area contributed by atoms with Crippen molar-refractivity contribution >= 4 is 35.3 Å². The summed E-state index contributed by atoms with van der Waals surface area (Å²) in [4.78, 5) is 25.1. The van der Waals surface area contributed by atoms with E-state index < -0.39 is 29.9 Å². The second-order valence-electron chi connectivity index (χ2n) is 8.32. The first kappa shape index (κ1) is 24.3. The van der Waals surface area contributed by atoms with Crippen LogP contribution in [-0.2, 0) is 9.53 Å². The number of methoxy groups -OCH3 is 1. The van der Waals surface area contributed by atoms with E-state index in [2.05, 4.69) is 0 Å². The van der Waals surface area contributed by atoms with Gasteiger partial charge in [0.1, 0.15) is 0 Å². The third-order valence-corrected chi connectivity index (χ3v) is 8.03. The smallest absolute Gasteiger partial charge is 0.338 e. The molecule has 2 N–H and O–H groups in total. The average Bonchev–Trinajstić information content (AvgIpc) is 3.28. The van der Waals surface area contributed by atoms with Gasteiger partial charge in [-0.1, -0.05) is 60.1 Å². The van der Waals surface area contributed by atoms with Gasteiger partial charge in [-0.15, -0.1) is 11.8 Å². The average molecular weight is 497 g/mol. The van der Waals surface area contributed by atoms with E-state index in [0.717, 1.165) is 11.1 Å². The van der Waals surface area contributed by atoms with Crippen LogP contribution < -0.4 is 0 Å². The Morgan fingerprint density at radius 2 is 1.59 bits per heavy atom. The normalized spacial score (nSPS) is 20.6. The molecule has 0 radical (unpaired) electrons. The molecule has 4 unspecified atom stereocenters. The molecule has 0 spiro atoms. The molecule has 0 saturated heterocycles. The molecule has 1 fully saturated rings. The van der Waals surface area contributed by atoms with E-state index in [0.29, 0.717) is 33.9 Å². The second-order valence-corrected chi connectivity index (χ2v) is 10.0. The van der Waals surface area contributed by atoms with Gasteiger partial charge in [0.2, 0.25) is 0 Å². The van der Waals surface area contributed by atoms with Crippen molar-refractivity contribution in [3.05, 3.63) is 88.9 Å². The number of carboxylic acids is 1. The summed E-state index contributed by atoms with van der Waals surface area (Å²) in [5.41, 5.74) is 3.10. The van der Waals surface area contributed by atoms with E-state index in [1.807, 2.05) is 54.6 Å². The van der Waals surface area contributed by atoms with Gasteiger partial charge in [-0.25, -0.2) is 4.79 Å². The lowest BCUT2D eigenvalue weighted by atomic mass is 9.86. The van der Waals surface area contributed by atoms with Gasteiger partial charge in [-0.2, -0.15) is 0 Å². The number of ether oxygens (including phenoxy) is 1. The maximum Gasteiger partial charge on any atom is 0.338 e. The molecule has 1 saturated carbocycles. The number of halogens is 1. The van der Waals surface area contributed by atoms with Crippen LogP contribution >= 0.6 is 23.4 Å². The Labute approximate surface area is 207 Å².